The maximum Gasteiger partial charge on any atom is 0.343 e. The van der Waals surface area contributed by atoms with Gasteiger partial charge in [-0.15, -0.1) is 0 Å². The van der Waals surface area contributed by atoms with Gasteiger partial charge in [-0.25, -0.2) is 9.18 Å². The number of nitrogens with two attached hydrogens (primary N) is 1. The van der Waals surface area contributed by atoms with E-state index >= 15 is 0 Å². The number of esters is 1. The van der Waals surface area contributed by atoms with Gasteiger partial charge in [-0.3, -0.25) is 0 Å². The van der Waals surface area contributed by atoms with Gasteiger partial charge in [-0.2, -0.15) is 5.26 Å². The molecule has 4 rings (SSSR count). The molecular weight excluding hydrogens is 506 g/mol. The number of rotatable bonds is 7. The summed E-state index contributed by atoms with van der Waals surface area (Å²) >= 11 is 12.5. The van der Waals surface area contributed by atoms with E-state index in [-0.39, 0.29) is 44.1 Å². The van der Waals surface area contributed by atoms with Crippen molar-refractivity contribution in [1.29, 1.82) is 5.26 Å². The maximum absolute atomic E-state index is 14.6. The number of nitriles is 1. The molecule has 1 heterocycles. The van der Waals surface area contributed by atoms with Crippen molar-refractivity contribution in [3.8, 4) is 23.3 Å². The Bertz CT molecular complexity index is 1380. The fourth-order valence-corrected chi connectivity index (χ4v) is 4.42. The van der Waals surface area contributed by atoms with Gasteiger partial charge in [-0.1, -0.05) is 60.8 Å². The summed E-state index contributed by atoms with van der Waals surface area (Å²) in [7, 11) is 0. The highest BCUT2D eigenvalue weighted by Crippen LogP contribution is 2.44. The highest BCUT2D eigenvalue weighted by molar-refractivity contribution is 6.37. The average Bonchev–Trinajstić information content (AvgIpc) is 2.85. The number of benzene rings is 3. The smallest absolute Gasteiger partial charge is 0.343 e. The number of carbonyl (C=O) groups is 1. The quantitative estimate of drug-likeness (QED) is 0.208. The van der Waals surface area contributed by atoms with Crippen molar-refractivity contribution in [2.75, 3.05) is 6.61 Å². The molecule has 3 aromatic rings. The first-order valence-electron chi connectivity index (χ1n) is 11.1. The van der Waals surface area contributed by atoms with E-state index in [4.69, 9.17) is 43.1 Å². The van der Waals surface area contributed by atoms with Crippen molar-refractivity contribution in [2.24, 2.45) is 5.73 Å². The lowest BCUT2D eigenvalue weighted by Crippen LogP contribution is -2.21. The van der Waals surface area contributed by atoms with Crippen molar-refractivity contribution in [3.05, 3.63) is 98.6 Å². The molecule has 1 atom stereocenters. The Kier molecular flexibility index (Phi) is 7.68. The summed E-state index contributed by atoms with van der Waals surface area (Å²) in [6, 6.07) is 15.5. The number of fused-ring (bicyclic) bond motifs is 1. The molecule has 6 nitrogen and oxygen atoms in total. The van der Waals surface area contributed by atoms with Gasteiger partial charge in [0, 0.05) is 17.2 Å². The maximum atomic E-state index is 14.6. The Morgan fingerprint density at radius 1 is 1.14 bits per heavy atom. The Hall–Kier alpha value is -3.73. The van der Waals surface area contributed by atoms with Crippen molar-refractivity contribution in [3.63, 3.8) is 0 Å². The summed E-state index contributed by atoms with van der Waals surface area (Å²) < 4.78 is 31.3. The average molecular weight is 527 g/mol. The summed E-state index contributed by atoms with van der Waals surface area (Å²) in [5.41, 5.74) is 6.97. The minimum atomic E-state index is -0.775. The normalized spacial score (nSPS) is 14.5. The third-order valence-corrected chi connectivity index (χ3v) is 6.16. The summed E-state index contributed by atoms with van der Waals surface area (Å²) in [5.74, 6) is -1.43. The summed E-state index contributed by atoms with van der Waals surface area (Å²) in [6.45, 7) is 2.48. The molecule has 0 saturated heterocycles. The standard InChI is InChI=1S/C27H21Cl2FN2O4/c1-2-3-10-34-25-20(28)11-15(12-21(25)29)27(33)35-16-8-9-18-23(13-16)36-26(32)19(14-31)24(18)17-6-4-5-7-22(17)30/h4-9,11-13,24H,2-3,10,32H2,1H3. The van der Waals surface area contributed by atoms with Gasteiger partial charge < -0.3 is 19.9 Å². The van der Waals surface area contributed by atoms with E-state index in [1.54, 1.807) is 24.3 Å². The van der Waals surface area contributed by atoms with E-state index in [0.717, 1.165) is 12.8 Å². The number of carbonyl (C=O) groups excluding carboxylic acids is 1. The van der Waals surface area contributed by atoms with Crippen LogP contribution < -0.4 is 19.9 Å². The van der Waals surface area contributed by atoms with Crippen LogP contribution in [0, 0.1) is 17.1 Å². The van der Waals surface area contributed by atoms with Crippen LogP contribution in [0.15, 0.2) is 66.1 Å². The van der Waals surface area contributed by atoms with Crippen molar-refractivity contribution in [1.82, 2.24) is 0 Å². The van der Waals surface area contributed by atoms with Crippen LogP contribution in [0.1, 0.15) is 47.2 Å². The van der Waals surface area contributed by atoms with Gasteiger partial charge in [0.25, 0.3) is 0 Å². The molecule has 0 spiro atoms. The molecule has 9 heteroatoms. The molecule has 36 heavy (non-hydrogen) atoms. The van der Waals surface area contributed by atoms with Crippen LogP contribution in [0.2, 0.25) is 10.0 Å². The molecular formula is C27H21Cl2FN2O4. The van der Waals surface area contributed by atoms with E-state index in [9.17, 15) is 14.4 Å². The minimum absolute atomic E-state index is 0.0860. The molecule has 0 amide bonds. The predicted octanol–water partition coefficient (Wildman–Crippen LogP) is 6.75. The number of hydrogen-bond donors (Lipinski definition) is 1. The first-order chi connectivity index (χ1) is 17.3. The van der Waals surface area contributed by atoms with E-state index in [0.29, 0.717) is 17.9 Å². The third kappa shape index (κ3) is 5.11. The molecule has 2 N–H and O–H groups in total. The van der Waals surface area contributed by atoms with Gasteiger partial charge in [0.1, 0.15) is 29.0 Å². The van der Waals surface area contributed by atoms with Crippen molar-refractivity contribution >= 4 is 29.2 Å². The lowest BCUT2D eigenvalue weighted by atomic mass is 9.83. The Balaban J connectivity index is 1.61. The molecule has 184 valence electrons. The fraction of sp³-hybridized carbons (Fsp3) is 0.185. The van der Waals surface area contributed by atoms with E-state index < -0.39 is 17.7 Å². The first kappa shape index (κ1) is 25.4. The summed E-state index contributed by atoms with van der Waals surface area (Å²) in [4.78, 5) is 12.8. The monoisotopic (exact) mass is 526 g/mol. The Morgan fingerprint density at radius 2 is 1.86 bits per heavy atom. The number of hydrogen-bond acceptors (Lipinski definition) is 6. The minimum Gasteiger partial charge on any atom is -0.490 e. The molecule has 1 unspecified atom stereocenters. The Morgan fingerprint density at radius 3 is 2.53 bits per heavy atom. The van der Waals surface area contributed by atoms with Gasteiger partial charge in [-0.05, 0) is 30.7 Å². The predicted molar refractivity (Wildman–Crippen MR) is 134 cm³/mol. The molecule has 1 aliphatic rings. The molecule has 0 saturated carbocycles. The van der Waals surface area contributed by atoms with Crippen LogP contribution >= 0.6 is 23.2 Å². The van der Waals surface area contributed by atoms with Crippen LogP contribution in [0.25, 0.3) is 0 Å². The molecule has 0 bridgehead atoms. The number of halogens is 3. The number of ether oxygens (including phenoxy) is 3. The van der Waals surface area contributed by atoms with Crippen LogP contribution in [-0.4, -0.2) is 12.6 Å². The molecule has 3 aromatic carbocycles. The number of unbranched alkanes of at least 4 members (excludes halogenated alkanes) is 1. The van der Waals surface area contributed by atoms with Gasteiger partial charge in [0.15, 0.2) is 5.75 Å². The van der Waals surface area contributed by atoms with Crippen molar-refractivity contribution in [2.45, 2.75) is 25.7 Å². The summed E-state index contributed by atoms with van der Waals surface area (Å²) in [5, 5.41) is 10.0. The summed E-state index contributed by atoms with van der Waals surface area (Å²) in [6.07, 6.45) is 1.79. The second-order valence-corrected chi connectivity index (χ2v) is 8.82. The SMILES string of the molecule is CCCCOc1c(Cl)cc(C(=O)Oc2ccc3c(c2)OC(N)=C(C#N)C3c2ccccc2F)cc1Cl. The zero-order chi connectivity index (χ0) is 25.8. The van der Waals surface area contributed by atoms with Crippen molar-refractivity contribution < 1.29 is 23.4 Å². The van der Waals surface area contributed by atoms with E-state index in [2.05, 4.69) is 0 Å². The van der Waals surface area contributed by atoms with Crippen LogP contribution in [0.3, 0.4) is 0 Å². The second kappa shape index (κ2) is 10.9. The lowest BCUT2D eigenvalue weighted by molar-refractivity contribution is 0.0734. The lowest BCUT2D eigenvalue weighted by Gasteiger charge is -2.27. The largest absolute Gasteiger partial charge is 0.490 e. The van der Waals surface area contributed by atoms with Crippen LogP contribution in [-0.2, 0) is 0 Å². The van der Waals surface area contributed by atoms with Crippen LogP contribution in [0.5, 0.6) is 17.2 Å². The Labute approximate surface area is 217 Å². The van der Waals surface area contributed by atoms with E-state index in [1.165, 1.54) is 30.3 Å². The van der Waals surface area contributed by atoms with Gasteiger partial charge in [0.05, 0.1) is 28.1 Å². The highest BCUT2D eigenvalue weighted by Gasteiger charge is 2.32. The second-order valence-electron chi connectivity index (χ2n) is 8.01. The van der Waals surface area contributed by atoms with Gasteiger partial charge in [0.2, 0.25) is 5.88 Å². The number of nitrogens with zero attached hydrogens (tertiary/aromatic N) is 1. The first-order valence-corrected chi connectivity index (χ1v) is 11.9. The zero-order valence-corrected chi connectivity index (χ0v) is 20.7. The topological polar surface area (TPSA) is 94.6 Å². The third-order valence-electron chi connectivity index (χ3n) is 5.60. The molecule has 0 aliphatic carbocycles. The van der Waals surface area contributed by atoms with Gasteiger partial charge >= 0.3 is 5.97 Å². The zero-order valence-electron chi connectivity index (χ0n) is 19.2. The fourth-order valence-electron chi connectivity index (χ4n) is 3.83. The van der Waals surface area contributed by atoms with Crippen LogP contribution in [0.4, 0.5) is 4.39 Å². The molecule has 0 aromatic heterocycles. The molecule has 1 aliphatic heterocycles. The highest BCUT2D eigenvalue weighted by atomic mass is 35.5. The molecule has 0 radical (unpaired) electrons. The number of allylic oxidation sites excluding steroid dienone is 1. The van der Waals surface area contributed by atoms with E-state index in [1.807, 2.05) is 13.0 Å². The molecule has 0 fully saturated rings.